The molecule has 1 saturated heterocycles. The SMILES string of the molecule is C=CCOC(=O)CNC(=O)C(=O)C(CCC)NC(=O)[C@@H]1C[C@@H](OC)CN1C(=O)[C@@H](NC(=O)[C@@H](NC(=O)[C@H](CCC(=O)OC)NC(=O)[C@H](CCC(=O)OC)NC(C)=O)C(C)C)C(C)C. The Morgan fingerprint density at radius 1 is 0.698 bits per heavy atom. The van der Waals surface area contributed by atoms with Gasteiger partial charge in [0.25, 0.3) is 5.91 Å². The zero-order valence-electron chi connectivity index (χ0n) is 37.6. The number of ketones is 1. The third-order valence-corrected chi connectivity index (χ3v) is 9.91. The molecule has 7 amide bonds. The standard InChI is InChI=1S/C41H65N7O15/c1-11-13-26(35(53)40(58)42-20-32(52)63-18-12-2)44-38(56)29-19-25(60-8)21-48(29)41(59)34(23(5)6)47-39(57)33(22(3)4)46-37(55)28(15-17-31(51)62-10)45-36(54)27(43-24(7)49)14-16-30(50)61-9/h12,22-23,25-29,33-34H,2,11,13-21H2,1,3-10H3,(H,42,58)(H,43,49)(H,44,56)(H,45,54)(H,46,55)(H,47,57)/t25-,26?,27+,28+,29+,33+,34+/m1/s1. The fourth-order valence-corrected chi connectivity index (χ4v) is 6.39. The van der Waals surface area contributed by atoms with Crippen LogP contribution in [0, 0.1) is 11.8 Å². The Hall–Kier alpha value is -5.93. The maximum atomic E-state index is 14.3. The lowest BCUT2D eigenvalue weighted by Crippen LogP contribution is -2.61. The van der Waals surface area contributed by atoms with Crippen LogP contribution in [0.4, 0.5) is 0 Å². The summed E-state index contributed by atoms with van der Waals surface area (Å²) in [7, 11) is 3.68. The molecule has 22 nitrogen and oxygen atoms in total. The number of rotatable bonds is 27. The lowest BCUT2D eigenvalue weighted by molar-refractivity contribution is -0.146. The minimum Gasteiger partial charge on any atom is -0.469 e. The number of Topliss-reactive ketones (excluding diaryl/α,β-unsaturated/α-hetero) is 1. The molecule has 1 aliphatic heterocycles. The van der Waals surface area contributed by atoms with E-state index in [9.17, 15) is 52.7 Å². The van der Waals surface area contributed by atoms with Gasteiger partial charge in [-0.25, -0.2) is 0 Å². The monoisotopic (exact) mass is 895 g/mol. The smallest absolute Gasteiger partial charge is 0.325 e. The average Bonchev–Trinajstić information content (AvgIpc) is 3.69. The van der Waals surface area contributed by atoms with Crippen LogP contribution in [0.3, 0.4) is 0 Å². The van der Waals surface area contributed by atoms with Crippen molar-refractivity contribution in [2.24, 2.45) is 11.8 Å². The zero-order valence-corrected chi connectivity index (χ0v) is 37.6. The van der Waals surface area contributed by atoms with E-state index >= 15 is 0 Å². The van der Waals surface area contributed by atoms with Gasteiger partial charge in [0, 0.05) is 39.8 Å². The molecule has 0 aromatic heterocycles. The van der Waals surface area contributed by atoms with Crippen LogP contribution in [-0.2, 0) is 71.7 Å². The fraction of sp³-hybridized carbons (Fsp3) is 0.683. The minimum absolute atomic E-state index is 0.00997. The molecule has 0 spiro atoms. The molecule has 0 radical (unpaired) electrons. The molecule has 22 heteroatoms. The molecule has 354 valence electrons. The maximum absolute atomic E-state index is 14.3. The van der Waals surface area contributed by atoms with Gasteiger partial charge in [-0.1, -0.05) is 53.7 Å². The predicted molar refractivity (Wildman–Crippen MR) is 222 cm³/mol. The molecular weight excluding hydrogens is 830 g/mol. The van der Waals surface area contributed by atoms with Crippen LogP contribution in [0.5, 0.6) is 0 Å². The Morgan fingerprint density at radius 3 is 1.73 bits per heavy atom. The summed E-state index contributed by atoms with van der Waals surface area (Å²) >= 11 is 0. The Bertz CT molecular complexity index is 1670. The second-order valence-corrected chi connectivity index (χ2v) is 15.5. The van der Waals surface area contributed by atoms with Gasteiger partial charge < -0.3 is 55.7 Å². The number of carbonyl (C=O) groups is 11. The van der Waals surface area contributed by atoms with E-state index in [4.69, 9.17) is 14.2 Å². The molecule has 6 N–H and O–H groups in total. The van der Waals surface area contributed by atoms with E-state index < -0.39 is 126 Å². The number of amides is 7. The number of esters is 3. The molecule has 0 aromatic carbocycles. The molecule has 0 aromatic rings. The van der Waals surface area contributed by atoms with Gasteiger partial charge in [-0.2, -0.15) is 0 Å². The molecule has 0 bridgehead atoms. The average molecular weight is 896 g/mol. The van der Waals surface area contributed by atoms with Crippen molar-refractivity contribution in [3.8, 4) is 0 Å². The van der Waals surface area contributed by atoms with E-state index in [1.807, 2.05) is 0 Å². The summed E-state index contributed by atoms with van der Waals surface area (Å²) in [5.41, 5.74) is 0. The van der Waals surface area contributed by atoms with E-state index in [-0.39, 0.29) is 51.7 Å². The van der Waals surface area contributed by atoms with Crippen molar-refractivity contribution >= 4 is 65.0 Å². The van der Waals surface area contributed by atoms with Gasteiger partial charge in [0.1, 0.15) is 43.4 Å². The highest BCUT2D eigenvalue weighted by molar-refractivity contribution is 6.38. The quantitative estimate of drug-likeness (QED) is 0.0236. The highest BCUT2D eigenvalue weighted by Crippen LogP contribution is 2.24. The molecule has 1 fully saturated rings. The molecule has 1 rings (SSSR count). The van der Waals surface area contributed by atoms with Crippen LogP contribution in [0.2, 0.25) is 0 Å². The van der Waals surface area contributed by atoms with Crippen LogP contribution in [0.15, 0.2) is 12.7 Å². The summed E-state index contributed by atoms with van der Waals surface area (Å²) in [6, 6.07) is -7.78. The number of nitrogens with zero attached hydrogens (tertiary/aromatic N) is 1. The van der Waals surface area contributed by atoms with Crippen molar-refractivity contribution in [2.45, 2.75) is 129 Å². The van der Waals surface area contributed by atoms with E-state index in [0.717, 1.165) is 21.1 Å². The van der Waals surface area contributed by atoms with Gasteiger partial charge in [-0.3, -0.25) is 52.7 Å². The van der Waals surface area contributed by atoms with Gasteiger partial charge in [0.05, 0.1) is 26.4 Å². The number of hydrogen-bond acceptors (Lipinski definition) is 15. The Labute approximate surface area is 367 Å². The summed E-state index contributed by atoms with van der Waals surface area (Å²) in [6.07, 6.45) is 0.107. The first kappa shape index (κ1) is 55.1. The Balaban J connectivity index is 3.33. The van der Waals surface area contributed by atoms with Gasteiger partial charge in [-0.15, -0.1) is 0 Å². The first-order valence-corrected chi connectivity index (χ1v) is 20.7. The van der Waals surface area contributed by atoms with Crippen molar-refractivity contribution < 1.29 is 71.7 Å². The summed E-state index contributed by atoms with van der Waals surface area (Å²) < 4.78 is 19.6. The fourth-order valence-electron chi connectivity index (χ4n) is 6.39. The predicted octanol–water partition coefficient (Wildman–Crippen LogP) is -1.52. The maximum Gasteiger partial charge on any atom is 0.325 e. The lowest BCUT2D eigenvalue weighted by Gasteiger charge is -2.33. The van der Waals surface area contributed by atoms with Gasteiger partial charge >= 0.3 is 17.9 Å². The van der Waals surface area contributed by atoms with Gasteiger partial charge in [0.2, 0.25) is 41.2 Å². The first-order valence-electron chi connectivity index (χ1n) is 20.7. The van der Waals surface area contributed by atoms with Crippen molar-refractivity contribution in [3.63, 3.8) is 0 Å². The molecule has 1 unspecified atom stereocenters. The number of nitrogens with one attached hydrogen (secondary N) is 6. The second-order valence-electron chi connectivity index (χ2n) is 15.5. The zero-order chi connectivity index (χ0) is 48.0. The van der Waals surface area contributed by atoms with Gasteiger partial charge in [-0.05, 0) is 31.1 Å². The van der Waals surface area contributed by atoms with Crippen LogP contribution in [0.1, 0.15) is 86.5 Å². The van der Waals surface area contributed by atoms with E-state index in [0.29, 0.717) is 6.42 Å². The number of methoxy groups -OCH3 is 3. The minimum atomic E-state index is -1.44. The van der Waals surface area contributed by atoms with Crippen LogP contribution in [-0.4, -0.2) is 153 Å². The number of likely N-dealkylation sites (tertiary alicyclic amines) is 1. The molecule has 63 heavy (non-hydrogen) atoms. The molecular formula is C41H65N7O15. The first-order chi connectivity index (χ1) is 29.6. The highest BCUT2D eigenvalue weighted by atomic mass is 16.5. The summed E-state index contributed by atoms with van der Waals surface area (Å²) in [6.45, 7) is 12.1. The van der Waals surface area contributed by atoms with Crippen molar-refractivity contribution in [1.82, 2.24) is 36.8 Å². The molecule has 7 atom stereocenters. The second kappa shape index (κ2) is 27.9. The summed E-state index contributed by atoms with van der Waals surface area (Å²) in [5.74, 6) is -10.1. The highest BCUT2D eigenvalue weighted by Gasteiger charge is 2.44. The number of carbonyl (C=O) groups excluding carboxylic acids is 11. The third-order valence-electron chi connectivity index (χ3n) is 9.91. The Kier molecular flexibility index (Phi) is 24.4. The Morgan fingerprint density at radius 2 is 1.24 bits per heavy atom. The summed E-state index contributed by atoms with van der Waals surface area (Å²) in [5, 5.41) is 14.9. The topological polar surface area (TPSA) is 300 Å². The molecule has 0 aliphatic carbocycles. The van der Waals surface area contributed by atoms with E-state index in [1.165, 1.54) is 18.1 Å². The van der Waals surface area contributed by atoms with E-state index in [1.54, 1.807) is 34.6 Å². The molecule has 1 aliphatic rings. The molecule has 0 saturated carbocycles. The number of ether oxygens (including phenoxy) is 4. The van der Waals surface area contributed by atoms with Gasteiger partial charge in [0.15, 0.2) is 0 Å². The van der Waals surface area contributed by atoms with Crippen LogP contribution in [0.25, 0.3) is 0 Å². The van der Waals surface area contributed by atoms with Crippen molar-refractivity contribution in [3.05, 3.63) is 12.7 Å². The normalized spacial score (nSPS) is 16.8. The largest absolute Gasteiger partial charge is 0.469 e. The van der Waals surface area contributed by atoms with Crippen molar-refractivity contribution in [1.29, 1.82) is 0 Å². The van der Waals surface area contributed by atoms with Crippen molar-refractivity contribution in [2.75, 3.05) is 41.0 Å². The number of hydrogen-bond donors (Lipinski definition) is 6. The molecule has 1 heterocycles. The third kappa shape index (κ3) is 18.5. The lowest BCUT2D eigenvalue weighted by atomic mass is 9.98. The van der Waals surface area contributed by atoms with E-state index in [2.05, 4.69) is 43.2 Å². The van der Waals surface area contributed by atoms with Crippen LogP contribution >= 0.6 is 0 Å². The van der Waals surface area contributed by atoms with Crippen LogP contribution < -0.4 is 31.9 Å². The summed E-state index contributed by atoms with van der Waals surface area (Å²) in [4.78, 5) is 144.